The van der Waals surface area contributed by atoms with Crippen LogP contribution < -0.4 is 0 Å². The van der Waals surface area contributed by atoms with Crippen molar-refractivity contribution in [3.63, 3.8) is 0 Å². The fourth-order valence-electron chi connectivity index (χ4n) is 3.14. The number of aromatic nitrogens is 3. The van der Waals surface area contributed by atoms with Crippen LogP contribution in [0.2, 0.25) is 5.02 Å². The van der Waals surface area contributed by atoms with Crippen molar-refractivity contribution in [1.29, 1.82) is 0 Å². The number of nitrogens with zero attached hydrogens (tertiary/aromatic N) is 4. The van der Waals surface area contributed by atoms with Gasteiger partial charge in [0.2, 0.25) is 0 Å². The van der Waals surface area contributed by atoms with E-state index in [1.165, 1.54) is 35.2 Å². The fourth-order valence-corrected chi connectivity index (χ4v) is 4.70. The first-order valence-electron chi connectivity index (χ1n) is 9.48. The van der Waals surface area contributed by atoms with Gasteiger partial charge in [-0.25, -0.2) is 18.4 Å². The van der Waals surface area contributed by atoms with E-state index in [-0.39, 0.29) is 18.7 Å². The minimum atomic E-state index is -1.73. The summed E-state index contributed by atoms with van der Waals surface area (Å²) < 4.78 is 30.0. The zero-order valence-corrected chi connectivity index (χ0v) is 19.1. The van der Waals surface area contributed by atoms with Gasteiger partial charge >= 0.3 is 0 Å². The highest BCUT2D eigenvalue weighted by molar-refractivity contribution is 8.22. The summed E-state index contributed by atoms with van der Waals surface area (Å²) in [5.41, 5.74) is -0.826. The Labute approximate surface area is 194 Å². The summed E-state index contributed by atoms with van der Waals surface area (Å²) >= 11 is 13.2. The Morgan fingerprint density at radius 1 is 1.29 bits per heavy atom. The maximum atomic E-state index is 14.6. The monoisotopic (exact) mass is 482 g/mol. The Kier molecular flexibility index (Phi) is 7.99. The normalized spacial score (nSPS) is 13.1. The van der Waals surface area contributed by atoms with E-state index < -0.39 is 17.2 Å². The third kappa shape index (κ3) is 6.00. The molecule has 0 aliphatic rings. The number of thiocarbonyl (C=S) groups is 1. The Morgan fingerprint density at radius 3 is 2.71 bits per heavy atom. The molecule has 1 heterocycles. The lowest BCUT2D eigenvalue weighted by molar-refractivity contribution is -0.00542. The summed E-state index contributed by atoms with van der Waals surface area (Å²) in [5, 5.41) is 16.2. The van der Waals surface area contributed by atoms with E-state index in [0.717, 1.165) is 17.7 Å². The van der Waals surface area contributed by atoms with Crippen LogP contribution in [0.3, 0.4) is 0 Å². The minimum absolute atomic E-state index is 0.0136. The molecule has 2 aromatic carbocycles. The maximum Gasteiger partial charge on any atom is 0.137 e. The van der Waals surface area contributed by atoms with Gasteiger partial charge in [0.15, 0.2) is 0 Å². The minimum Gasteiger partial charge on any atom is -0.381 e. The average Bonchev–Trinajstić information content (AvgIpc) is 3.23. The van der Waals surface area contributed by atoms with Crippen LogP contribution in [-0.4, -0.2) is 42.2 Å². The second-order valence-electron chi connectivity index (χ2n) is 6.91. The molecular formula is C21H21ClF2N4OS2. The zero-order valence-electron chi connectivity index (χ0n) is 16.7. The zero-order chi connectivity index (χ0) is 22.4. The van der Waals surface area contributed by atoms with Gasteiger partial charge in [0.25, 0.3) is 0 Å². The highest BCUT2D eigenvalue weighted by Crippen LogP contribution is 2.30. The van der Waals surface area contributed by atoms with Crippen LogP contribution in [0.1, 0.15) is 18.1 Å². The number of likely N-dealkylation sites (N-methyl/N-ethyl adjacent to an activating group) is 1. The summed E-state index contributed by atoms with van der Waals surface area (Å²) in [6, 6.07) is 10.6. The number of halogens is 3. The number of aliphatic hydroxyl groups is 1. The van der Waals surface area contributed by atoms with Crippen molar-refractivity contribution in [1.82, 2.24) is 19.7 Å². The van der Waals surface area contributed by atoms with E-state index in [1.54, 1.807) is 4.90 Å². The molecule has 3 rings (SSSR count). The SMILES string of the molecule is CCN(CC(O)(Cn1cncn1)c1ccc(F)cc1F)C(=S)SCc1ccccc1Cl. The van der Waals surface area contributed by atoms with E-state index in [9.17, 15) is 13.9 Å². The number of benzene rings is 2. The maximum absolute atomic E-state index is 14.6. The number of hydrogen-bond acceptors (Lipinski definition) is 5. The molecule has 0 aliphatic heterocycles. The van der Waals surface area contributed by atoms with Crippen LogP contribution in [0.4, 0.5) is 8.78 Å². The fraction of sp³-hybridized carbons (Fsp3) is 0.286. The molecule has 0 amide bonds. The van der Waals surface area contributed by atoms with Crippen molar-refractivity contribution >= 4 is 39.9 Å². The molecular weight excluding hydrogens is 462 g/mol. The summed E-state index contributed by atoms with van der Waals surface area (Å²) in [6.07, 6.45) is 2.75. The summed E-state index contributed by atoms with van der Waals surface area (Å²) in [4.78, 5) is 5.65. The predicted octanol–water partition coefficient (Wildman–Crippen LogP) is 4.64. The van der Waals surface area contributed by atoms with Gasteiger partial charge in [-0.3, -0.25) is 0 Å². The average molecular weight is 483 g/mol. The molecule has 0 fully saturated rings. The van der Waals surface area contributed by atoms with Gasteiger partial charge in [0.05, 0.1) is 13.1 Å². The van der Waals surface area contributed by atoms with E-state index in [2.05, 4.69) is 10.1 Å². The van der Waals surface area contributed by atoms with Crippen LogP contribution in [0, 0.1) is 11.6 Å². The van der Waals surface area contributed by atoms with Crippen LogP contribution in [-0.2, 0) is 17.9 Å². The first-order chi connectivity index (χ1) is 14.8. The first kappa shape index (κ1) is 23.6. The quantitative estimate of drug-likeness (QED) is 0.472. The van der Waals surface area contributed by atoms with Crippen LogP contribution in [0.5, 0.6) is 0 Å². The first-order valence-corrected chi connectivity index (χ1v) is 11.2. The largest absolute Gasteiger partial charge is 0.381 e. The molecule has 0 spiro atoms. The van der Waals surface area contributed by atoms with Gasteiger partial charge in [-0.05, 0) is 24.6 Å². The third-order valence-corrected chi connectivity index (χ3v) is 6.66. The highest BCUT2D eigenvalue weighted by Gasteiger charge is 2.36. The molecule has 0 radical (unpaired) electrons. The number of rotatable bonds is 8. The lowest BCUT2D eigenvalue weighted by Crippen LogP contribution is -2.46. The van der Waals surface area contributed by atoms with E-state index >= 15 is 0 Å². The van der Waals surface area contributed by atoms with Crippen molar-refractivity contribution in [3.8, 4) is 0 Å². The van der Waals surface area contributed by atoms with Crippen LogP contribution in [0.25, 0.3) is 0 Å². The number of thioether (sulfide) groups is 1. The van der Waals surface area contributed by atoms with Crippen LogP contribution >= 0.6 is 35.6 Å². The molecule has 10 heteroatoms. The van der Waals surface area contributed by atoms with E-state index in [0.29, 0.717) is 21.6 Å². The standard InChI is InChI=1S/C21H21ClF2N4OS2/c1-2-27(20(30)31-10-15-5-3-4-6-18(15)22)11-21(29,12-28-14-25-13-26-28)17-8-7-16(23)9-19(17)24/h3-9,13-14,29H,2,10-12H2,1H3. The molecule has 0 aliphatic carbocycles. The Hall–Kier alpha value is -2.07. The summed E-state index contributed by atoms with van der Waals surface area (Å²) in [6.45, 7) is 2.28. The van der Waals surface area contributed by atoms with Crippen LogP contribution in [0.15, 0.2) is 55.1 Å². The van der Waals surface area contributed by atoms with Gasteiger partial charge in [-0.15, -0.1) is 0 Å². The summed E-state index contributed by atoms with van der Waals surface area (Å²) in [5.74, 6) is -1.00. The molecule has 3 aromatic rings. The Balaban J connectivity index is 1.82. The molecule has 5 nitrogen and oxygen atoms in total. The molecule has 1 N–H and O–H groups in total. The Bertz CT molecular complexity index is 1040. The van der Waals surface area contributed by atoms with Crippen molar-refractivity contribution in [2.75, 3.05) is 13.1 Å². The molecule has 164 valence electrons. The van der Waals surface area contributed by atoms with Gasteiger partial charge in [0, 0.05) is 29.0 Å². The van der Waals surface area contributed by atoms with Crippen molar-refractivity contribution < 1.29 is 13.9 Å². The number of hydrogen-bond donors (Lipinski definition) is 1. The molecule has 0 saturated heterocycles. The van der Waals surface area contributed by atoms with Crippen molar-refractivity contribution in [2.45, 2.75) is 24.8 Å². The second-order valence-corrected chi connectivity index (χ2v) is 8.93. The molecule has 0 bridgehead atoms. The molecule has 1 aromatic heterocycles. The van der Waals surface area contributed by atoms with E-state index in [4.69, 9.17) is 23.8 Å². The van der Waals surface area contributed by atoms with Crippen molar-refractivity contribution in [3.05, 3.63) is 82.9 Å². The van der Waals surface area contributed by atoms with Gasteiger partial charge in [-0.1, -0.05) is 59.8 Å². The molecule has 1 atom stereocenters. The van der Waals surface area contributed by atoms with Gasteiger partial charge in [0.1, 0.15) is 34.2 Å². The third-order valence-electron chi connectivity index (χ3n) is 4.72. The van der Waals surface area contributed by atoms with Gasteiger partial charge in [-0.2, -0.15) is 5.10 Å². The molecule has 31 heavy (non-hydrogen) atoms. The Morgan fingerprint density at radius 2 is 2.06 bits per heavy atom. The molecule has 1 unspecified atom stereocenters. The van der Waals surface area contributed by atoms with E-state index in [1.807, 2.05) is 31.2 Å². The predicted molar refractivity (Wildman–Crippen MR) is 123 cm³/mol. The van der Waals surface area contributed by atoms with Gasteiger partial charge < -0.3 is 10.0 Å². The lowest BCUT2D eigenvalue weighted by Gasteiger charge is -2.35. The second kappa shape index (κ2) is 10.5. The highest BCUT2D eigenvalue weighted by atomic mass is 35.5. The molecule has 0 saturated carbocycles. The van der Waals surface area contributed by atoms with Crippen molar-refractivity contribution in [2.24, 2.45) is 0 Å². The lowest BCUT2D eigenvalue weighted by atomic mass is 9.92. The smallest absolute Gasteiger partial charge is 0.137 e. The summed E-state index contributed by atoms with van der Waals surface area (Å²) in [7, 11) is 0. The topological polar surface area (TPSA) is 54.2 Å².